The van der Waals surface area contributed by atoms with E-state index in [0.29, 0.717) is 5.69 Å². The monoisotopic (exact) mass is 382 g/mol. The molecule has 144 valence electrons. The molecule has 4 rings (SSSR count). The second kappa shape index (κ2) is 7.72. The Morgan fingerprint density at radius 1 is 0.966 bits per heavy atom. The van der Waals surface area contributed by atoms with Crippen LogP contribution in [0.4, 0.5) is 0 Å². The van der Waals surface area contributed by atoms with Crippen molar-refractivity contribution in [3.8, 4) is 11.3 Å². The number of carbonyl (C=O) groups is 1. The summed E-state index contributed by atoms with van der Waals surface area (Å²) in [6, 6.07) is 22.0. The maximum absolute atomic E-state index is 12.5. The number of fused-ring (bicyclic) bond motifs is 1. The first-order valence-electron chi connectivity index (χ1n) is 9.49. The van der Waals surface area contributed by atoms with Crippen LogP contribution in [-0.4, -0.2) is 21.8 Å². The number of benzene rings is 3. The molecule has 1 amide bonds. The van der Waals surface area contributed by atoms with E-state index in [0.717, 1.165) is 33.3 Å². The van der Waals surface area contributed by atoms with Gasteiger partial charge in [-0.05, 0) is 54.8 Å². The van der Waals surface area contributed by atoms with Gasteiger partial charge in [0.15, 0.2) is 0 Å². The number of rotatable bonds is 4. The number of nitrogens with one attached hydrogen (secondary N) is 2. The predicted molar refractivity (Wildman–Crippen MR) is 117 cm³/mol. The molecule has 0 saturated heterocycles. The summed E-state index contributed by atoms with van der Waals surface area (Å²) in [6.07, 6.45) is 0. The topological polar surface area (TPSA) is 70.1 Å². The van der Waals surface area contributed by atoms with Crippen molar-refractivity contribution in [3.63, 3.8) is 0 Å². The lowest BCUT2D eigenvalue weighted by Gasteiger charge is -2.06. The summed E-state index contributed by atoms with van der Waals surface area (Å²) in [4.78, 5) is 12.5. The molecule has 0 radical (unpaired) electrons. The van der Waals surface area contributed by atoms with E-state index in [9.17, 15) is 4.79 Å². The molecule has 3 aromatic carbocycles. The number of hydrazone groups is 1. The first kappa shape index (κ1) is 18.6. The number of aryl methyl sites for hydroxylation is 2. The van der Waals surface area contributed by atoms with Crippen molar-refractivity contribution < 1.29 is 4.79 Å². The van der Waals surface area contributed by atoms with Crippen LogP contribution in [0.3, 0.4) is 0 Å². The summed E-state index contributed by atoms with van der Waals surface area (Å²) in [5, 5.41) is 13.6. The molecule has 29 heavy (non-hydrogen) atoms. The Morgan fingerprint density at radius 2 is 1.76 bits per heavy atom. The number of amides is 1. The molecule has 1 heterocycles. The fraction of sp³-hybridized carbons (Fsp3) is 0.125. The van der Waals surface area contributed by atoms with Crippen LogP contribution in [0.15, 0.2) is 71.8 Å². The zero-order valence-corrected chi connectivity index (χ0v) is 16.7. The third kappa shape index (κ3) is 3.80. The minimum absolute atomic E-state index is 0.327. The lowest BCUT2D eigenvalue weighted by molar-refractivity contribution is 0.0950. The summed E-state index contributed by atoms with van der Waals surface area (Å²) in [7, 11) is 0. The molecule has 4 aromatic rings. The number of nitrogens with zero attached hydrogens (tertiary/aromatic N) is 2. The predicted octanol–water partition coefficient (Wildman–Crippen LogP) is 5.00. The number of hydrogen-bond donors (Lipinski definition) is 2. The Hall–Kier alpha value is -3.73. The Kier molecular flexibility index (Phi) is 4.96. The van der Waals surface area contributed by atoms with Crippen LogP contribution < -0.4 is 5.43 Å². The number of aromatic amines is 1. The van der Waals surface area contributed by atoms with Crippen molar-refractivity contribution in [3.05, 3.63) is 89.1 Å². The fourth-order valence-corrected chi connectivity index (χ4v) is 3.28. The van der Waals surface area contributed by atoms with Gasteiger partial charge in [0, 0.05) is 11.1 Å². The Balaban J connectivity index is 1.54. The molecule has 0 unspecified atom stereocenters. The zero-order valence-electron chi connectivity index (χ0n) is 16.7. The van der Waals surface area contributed by atoms with Gasteiger partial charge in [-0.1, -0.05) is 54.6 Å². The number of H-pyrrole nitrogens is 1. The zero-order chi connectivity index (χ0) is 20.4. The second-order valence-corrected chi connectivity index (χ2v) is 7.13. The van der Waals surface area contributed by atoms with Crippen LogP contribution in [0.2, 0.25) is 0 Å². The first-order valence-corrected chi connectivity index (χ1v) is 9.49. The number of aromatic nitrogens is 2. The minimum Gasteiger partial charge on any atom is -0.272 e. The summed E-state index contributed by atoms with van der Waals surface area (Å²) >= 11 is 0. The van der Waals surface area contributed by atoms with Gasteiger partial charge in [0.1, 0.15) is 5.69 Å². The maximum atomic E-state index is 12.5. The third-order valence-electron chi connectivity index (χ3n) is 5.13. The van der Waals surface area contributed by atoms with Crippen molar-refractivity contribution in [1.29, 1.82) is 0 Å². The smallest absolute Gasteiger partial charge is 0.272 e. The molecule has 0 aliphatic rings. The summed E-state index contributed by atoms with van der Waals surface area (Å²) in [6.45, 7) is 6.01. The third-order valence-corrected chi connectivity index (χ3v) is 5.13. The lowest BCUT2D eigenvalue weighted by Crippen LogP contribution is -2.19. The van der Waals surface area contributed by atoms with E-state index in [4.69, 9.17) is 0 Å². The van der Waals surface area contributed by atoms with Gasteiger partial charge in [0.25, 0.3) is 5.91 Å². The van der Waals surface area contributed by atoms with E-state index < -0.39 is 0 Å². The van der Waals surface area contributed by atoms with E-state index in [-0.39, 0.29) is 5.91 Å². The van der Waals surface area contributed by atoms with Crippen molar-refractivity contribution >= 4 is 22.4 Å². The number of hydrogen-bond acceptors (Lipinski definition) is 3. The van der Waals surface area contributed by atoms with Gasteiger partial charge in [-0.15, -0.1) is 0 Å². The van der Waals surface area contributed by atoms with E-state index in [2.05, 4.69) is 64.9 Å². The number of carbonyl (C=O) groups excluding carboxylic acids is 1. The highest BCUT2D eigenvalue weighted by Crippen LogP contribution is 2.21. The maximum Gasteiger partial charge on any atom is 0.289 e. The Morgan fingerprint density at radius 3 is 2.59 bits per heavy atom. The van der Waals surface area contributed by atoms with Crippen LogP contribution in [-0.2, 0) is 0 Å². The normalized spacial score (nSPS) is 11.6. The first-order chi connectivity index (χ1) is 14.0. The standard InChI is InChI=1S/C24H22N4O/c1-15-11-12-19(13-16(15)2)22-14-23(27-26-22)24(29)28-25-17(3)20-10-6-8-18-7-4-5-9-21(18)20/h4-14H,1-3H3,(H,26,27)(H,28,29). The molecular weight excluding hydrogens is 360 g/mol. The second-order valence-electron chi connectivity index (χ2n) is 7.13. The van der Waals surface area contributed by atoms with Gasteiger partial charge in [0.05, 0.1) is 11.4 Å². The quantitative estimate of drug-likeness (QED) is 0.385. The van der Waals surface area contributed by atoms with Crippen LogP contribution in [0.1, 0.15) is 34.1 Å². The molecule has 2 N–H and O–H groups in total. The molecule has 5 nitrogen and oxygen atoms in total. The van der Waals surface area contributed by atoms with Gasteiger partial charge in [0.2, 0.25) is 0 Å². The van der Waals surface area contributed by atoms with E-state index in [1.807, 2.05) is 37.3 Å². The highest BCUT2D eigenvalue weighted by atomic mass is 16.2. The molecule has 5 heteroatoms. The SMILES string of the molecule is CC(=NNC(=O)c1cc(-c2ccc(C)c(C)c2)n[nH]1)c1cccc2ccccc12. The van der Waals surface area contributed by atoms with E-state index in [1.165, 1.54) is 11.1 Å². The van der Waals surface area contributed by atoms with Gasteiger partial charge < -0.3 is 0 Å². The Labute approximate surface area is 169 Å². The van der Waals surface area contributed by atoms with E-state index >= 15 is 0 Å². The summed E-state index contributed by atoms with van der Waals surface area (Å²) in [5.74, 6) is -0.327. The Bertz CT molecular complexity index is 1230. The van der Waals surface area contributed by atoms with Crippen LogP contribution in [0.25, 0.3) is 22.0 Å². The van der Waals surface area contributed by atoms with Crippen LogP contribution >= 0.6 is 0 Å². The molecular formula is C24H22N4O. The molecule has 0 fully saturated rings. The van der Waals surface area contributed by atoms with Gasteiger partial charge in [-0.25, -0.2) is 5.43 Å². The summed E-state index contributed by atoms with van der Waals surface area (Å²) in [5.41, 5.74) is 8.83. The molecule has 0 bridgehead atoms. The highest BCUT2D eigenvalue weighted by molar-refractivity contribution is 6.10. The summed E-state index contributed by atoms with van der Waals surface area (Å²) < 4.78 is 0. The molecule has 0 saturated carbocycles. The highest BCUT2D eigenvalue weighted by Gasteiger charge is 2.12. The van der Waals surface area contributed by atoms with Crippen molar-refractivity contribution in [2.24, 2.45) is 5.10 Å². The molecule has 0 atom stereocenters. The van der Waals surface area contributed by atoms with Crippen LogP contribution in [0.5, 0.6) is 0 Å². The van der Waals surface area contributed by atoms with Gasteiger partial charge in [-0.3, -0.25) is 9.89 Å². The van der Waals surface area contributed by atoms with Crippen molar-refractivity contribution in [2.45, 2.75) is 20.8 Å². The van der Waals surface area contributed by atoms with E-state index in [1.54, 1.807) is 6.07 Å². The van der Waals surface area contributed by atoms with Crippen molar-refractivity contribution in [2.75, 3.05) is 0 Å². The minimum atomic E-state index is -0.327. The van der Waals surface area contributed by atoms with Crippen LogP contribution in [0, 0.1) is 13.8 Å². The molecule has 0 aliphatic heterocycles. The average Bonchev–Trinajstić information content (AvgIpc) is 3.23. The lowest BCUT2D eigenvalue weighted by atomic mass is 10.0. The molecule has 0 spiro atoms. The van der Waals surface area contributed by atoms with Gasteiger partial charge >= 0.3 is 0 Å². The van der Waals surface area contributed by atoms with Crippen molar-refractivity contribution in [1.82, 2.24) is 15.6 Å². The van der Waals surface area contributed by atoms with Gasteiger partial charge in [-0.2, -0.15) is 10.2 Å². The molecule has 0 aliphatic carbocycles. The molecule has 1 aromatic heterocycles. The fourth-order valence-electron chi connectivity index (χ4n) is 3.28. The largest absolute Gasteiger partial charge is 0.289 e. The average molecular weight is 382 g/mol.